The van der Waals surface area contributed by atoms with E-state index in [0.29, 0.717) is 12.8 Å². The molecule has 3 heteroatoms. The topological polar surface area (TPSA) is 34.1 Å². The van der Waals surface area contributed by atoms with Crippen molar-refractivity contribution in [3.05, 3.63) is 0 Å². The fourth-order valence-corrected chi connectivity index (χ4v) is 4.10. The molecule has 0 saturated heterocycles. The van der Waals surface area contributed by atoms with Crippen molar-refractivity contribution in [2.45, 2.75) is 39.5 Å². The van der Waals surface area contributed by atoms with Gasteiger partial charge in [0.1, 0.15) is 0 Å². The van der Waals surface area contributed by atoms with Crippen LogP contribution in [0.2, 0.25) is 0 Å². The molecule has 0 aliphatic rings. The van der Waals surface area contributed by atoms with E-state index < -0.39 is 15.4 Å². The van der Waals surface area contributed by atoms with Gasteiger partial charge in [-0.05, 0) is 0 Å². The van der Waals surface area contributed by atoms with E-state index in [-0.39, 0.29) is 9.23 Å². The Bertz CT molecular complexity index is 127. The van der Waals surface area contributed by atoms with E-state index in [1.807, 2.05) is 13.8 Å². The first kappa shape index (κ1) is 10.9. The van der Waals surface area contributed by atoms with Gasteiger partial charge < -0.3 is 0 Å². The summed E-state index contributed by atoms with van der Waals surface area (Å²) in [6, 6.07) is 0. The SMILES string of the molecule is CCC[C](=O)[GeH2][C](=O)CCC. The molecule has 0 aliphatic heterocycles. The third kappa shape index (κ3) is 6.29. The number of hydrogen-bond acceptors (Lipinski definition) is 2. The number of rotatable bonds is 6. The Labute approximate surface area is 74.2 Å². The van der Waals surface area contributed by atoms with Crippen LogP contribution in [0.15, 0.2) is 0 Å². The van der Waals surface area contributed by atoms with Gasteiger partial charge in [0.15, 0.2) is 0 Å². The molecule has 0 fully saturated rings. The maximum atomic E-state index is 11.0. The van der Waals surface area contributed by atoms with Gasteiger partial charge in [-0.25, -0.2) is 0 Å². The molecule has 0 spiro atoms. The Morgan fingerprint density at radius 1 is 1.00 bits per heavy atom. The zero-order valence-corrected chi connectivity index (χ0v) is 10.3. The zero-order valence-electron chi connectivity index (χ0n) is 7.35. The summed E-state index contributed by atoms with van der Waals surface area (Å²) in [5, 5.41) is 0. The molecule has 0 amide bonds. The van der Waals surface area contributed by atoms with Crippen LogP contribution < -0.4 is 0 Å². The molecule has 0 aliphatic carbocycles. The second kappa shape index (κ2) is 6.58. The minimum atomic E-state index is -1.46. The van der Waals surface area contributed by atoms with Gasteiger partial charge in [-0.3, -0.25) is 0 Å². The second-order valence-electron chi connectivity index (χ2n) is 2.75. The predicted octanol–water partition coefficient (Wildman–Crippen LogP) is 0.809. The van der Waals surface area contributed by atoms with Crippen LogP contribution in [0.1, 0.15) is 39.5 Å². The molecule has 0 radical (unpaired) electrons. The van der Waals surface area contributed by atoms with Crippen LogP contribution in [0.4, 0.5) is 0 Å². The van der Waals surface area contributed by atoms with Crippen molar-refractivity contribution >= 4 is 24.7 Å². The van der Waals surface area contributed by atoms with Gasteiger partial charge in [-0.2, -0.15) is 0 Å². The van der Waals surface area contributed by atoms with E-state index in [1.54, 1.807) is 0 Å². The van der Waals surface area contributed by atoms with Gasteiger partial charge in [0.05, 0.1) is 0 Å². The summed E-state index contributed by atoms with van der Waals surface area (Å²) in [5.74, 6) is 0. The van der Waals surface area contributed by atoms with Crippen molar-refractivity contribution in [2.75, 3.05) is 0 Å². The normalized spacial score (nSPS) is 9.64. The number of carbonyl (C=O) groups excluding carboxylic acids is 2. The standard InChI is InChI=1S/C8H16GeO2/c1-3-5-7(10)9-8(11)6-4-2/h3-6,9H2,1-2H3. The third-order valence-electron chi connectivity index (χ3n) is 1.45. The molecule has 0 atom stereocenters. The van der Waals surface area contributed by atoms with Gasteiger partial charge in [0.2, 0.25) is 0 Å². The van der Waals surface area contributed by atoms with E-state index in [0.717, 1.165) is 12.8 Å². The molecular weight excluding hydrogens is 201 g/mol. The molecule has 0 N–H and O–H groups in total. The van der Waals surface area contributed by atoms with Crippen LogP contribution in [-0.2, 0) is 9.59 Å². The molecule has 2 nitrogen and oxygen atoms in total. The second-order valence-corrected chi connectivity index (χ2v) is 6.81. The summed E-state index contributed by atoms with van der Waals surface area (Å²) in [7, 11) is 0. The van der Waals surface area contributed by atoms with Crippen LogP contribution in [0.25, 0.3) is 0 Å². The minimum absolute atomic E-state index is 0.276. The Balaban J connectivity index is 3.49. The van der Waals surface area contributed by atoms with Gasteiger partial charge in [-0.1, -0.05) is 0 Å². The average molecular weight is 217 g/mol. The molecule has 0 aromatic carbocycles. The summed E-state index contributed by atoms with van der Waals surface area (Å²) < 4.78 is 0.553. The van der Waals surface area contributed by atoms with Crippen molar-refractivity contribution in [2.24, 2.45) is 0 Å². The Morgan fingerprint density at radius 2 is 1.36 bits per heavy atom. The Morgan fingerprint density at radius 3 is 1.64 bits per heavy atom. The quantitative estimate of drug-likeness (QED) is 0.616. The van der Waals surface area contributed by atoms with Crippen LogP contribution >= 0.6 is 0 Å². The summed E-state index contributed by atoms with van der Waals surface area (Å²) in [6.45, 7) is 3.95. The zero-order chi connectivity index (χ0) is 8.69. The van der Waals surface area contributed by atoms with Crippen molar-refractivity contribution in [1.29, 1.82) is 0 Å². The van der Waals surface area contributed by atoms with Crippen LogP contribution in [0.3, 0.4) is 0 Å². The van der Waals surface area contributed by atoms with Crippen LogP contribution in [0, 0.1) is 0 Å². The van der Waals surface area contributed by atoms with Gasteiger partial charge in [0.25, 0.3) is 0 Å². The summed E-state index contributed by atoms with van der Waals surface area (Å²) in [4.78, 5) is 22.0. The van der Waals surface area contributed by atoms with E-state index in [1.165, 1.54) is 0 Å². The van der Waals surface area contributed by atoms with Crippen LogP contribution in [0.5, 0.6) is 0 Å². The fraction of sp³-hybridized carbons (Fsp3) is 0.750. The number of carbonyl (C=O) groups is 2. The predicted molar refractivity (Wildman–Crippen MR) is 48.4 cm³/mol. The monoisotopic (exact) mass is 218 g/mol. The molecule has 0 bridgehead atoms. The first-order valence-electron chi connectivity index (χ1n) is 4.24. The summed E-state index contributed by atoms with van der Waals surface area (Å²) in [5.41, 5.74) is 0. The molecule has 0 saturated carbocycles. The van der Waals surface area contributed by atoms with Gasteiger partial charge >= 0.3 is 73.8 Å². The molecule has 0 heterocycles. The van der Waals surface area contributed by atoms with E-state index in [2.05, 4.69) is 0 Å². The van der Waals surface area contributed by atoms with Gasteiger partial charge in [-0.15, -0.1) is 0 Å². The molecular formula is C8H16GeO2. The first-order valence-corrected chi connectivity index (χ1v) is 7.20. The molecule has 0 aromatic heterocycles. The van der Waals surface area contributed by atoms with Gasteiger partial charge in [0, 0.05) is 0 Å². The van der Waals surface area contributed by atoms with Crippen molar-refractivity contribution in [1.82, 2.24) is 0 Å². The average Bonchev–Trinajstić information content (AvgIpc) is 1.87. The first-order chi connectivity index (χ1) is 5.20. The Hall–Kier alpha value is -0.117. The molecule has 11 heavy (non-hydrogen) atoms. The van der Waals surface area contributed by atoms with Crippen molar-refractivity contribution < 1.29 is 9.59 Å². The van der Waals surface area contributed by atoms with E-state index >= 15 is 0 Å². The van der Waals surface area contributed by atoms with Crippen molar-refractivity contribution in [3.63, 3.8) is 0 Å². The Kier molecular flexibility index (Phi) is 6.51. The molecule has 0 unspecified atom stereocenters. The fourth-order valence-electron chi connectivity index (χ4n) is 0.954. The molecule has 0 rings (SSSR count). The van der Waals surface area contributed by atoms with E-state index in [4.69, 9.17) is 0 Å². The molecule has 0 aromatic rings. The maximum absolute atomic E-state index is 11.0. The van der Waals surface area contributed by atoms with Crippen LogP contribution in [-0.4, -0.2) is 24.7 Å². The molecule has 64 valence electrons. The van der Waals surface area contributed by atoms with Crippen molar-refractivity contribution in [3.8, 4) is 0 Å². The summed E-state index contributed by atoms with van der Waals surface area (Å²) >= 11 is -1.46. The van der Waals surface area contributed by atoms with E-state index in [9.17, 15) is 9.59 Å². The number of hydrogen-bond donors (Lipinski definition) is 0. The third-order valence-corrected chi connectivity index (χ3v) is 4.59. The summed E-state index contributed by atoms with van der Waals surface area (Å²) in [6.07, 6.45) is 3.05.